The summed E-state index contributed by atoms with van der Waals surface area (Å²) in [6, 6.07) is 22.8. The molecule has 0 unspecified atom stereocenters. The van der Waals surface area contributed by atoms with Crippen molar-refractivity contribution in [2.24, 2.45) is 0 Å². The van der Waals surface area contributed by atoms with E-state index in [1.54, 1.807) is 80.2 Å². The second-order valence-corrected chi connectivity index (χ2v) is 10.8. The van der Waals surface area contributed by atoms with Gasteiger partial charge in [0.2, 0.25) is 11.9 Å². The third-order valence-electron chi connectivity index (χ3n) is 6.79. The van der Waals surface area contributed by atoms with Gasteiger partial charge in [0.05, 0.1) is 23.9 Å². The van der Waals surface area contributed by atoms with Gasteiger partial charge < -0.3 is 37.5 Å². The summed E-state index contributed by atoms with van der Waals surface area (Å²) in [6.45, 7) is 0. The van der Waals surface area contributed by atoms with Crippen LogP contribution in [-0.2, 0) is 0 Å². The molecular weight excluding hydrogens is 694 g/mol. The van der Waals surface area contributed by atoms with Crippen molar-refractivity contribution in [3.8, 4) is 29.4 Å². The van der Waals surface area contributed by atoms with E-state index in [1.807, 2.05) is 12.1 Å². The molecule has 0 saturated heterocycles. The van der Waals surface area contributed by atoms with E-state index in [0.29, 0.717) is 39.5 Å². The van der Waals surface area contributed by atoms with Crippen LogP contribution in [0.15, 0.2) is 116 Å². The van der Waals surface area contributed by atoms with E-state index in [1.165, 1.54) is 12.4 Å². The van der Waals surface area contributed by atoms with Crippen molar-refractivity contribution in [1.82, 2.24) is 19.9 Å². The predicted octanol–water partition coefficient (Wildman–Crippen LogP) is 6.49. The summed E-state index contributed by atoms with van der Waals surface area (Å²) in [5.41, 5.74) is 14.9. The van der Waals surface area contributed by atoms with Gasteiger partial charge in [-0.3, -0.25) is 0 Å². The molecule has 268 valence electrons. The van der Waals surface area contributed by atoms with E-state index < -0.39 is 17.7 Å². The van der Waals surface area contributed by atoms with Gasteiger partial charge in [0.15, 0.2) is 0 Å². The van der Waals surface area contributed by atoms with Crippen molar-refractivity contribution in [3.63, 3.8) is 0 Å². The Morgan fingerprint density at radius 2 is 1.02 bits per heavy atom. The number of hydrogen-bond acceptors (Lipinski definition) is 9. The number of anilines is 6. The number of hydrogen-bond donors (Lipinski definition) is 6. The second-order valence-electron chi connectivity index (χ2n) is 10.8. The Morgan fingerprint density at radius 3 is 1.52 bits per heavy atom. The zero-order valence-electron chi connectivity index (χ0n) is 28.4. The van der Waals surface area contributed by atoms with Crippen molar-refractivity contribution in [2.75, 3.05) is 39.8 Å². The van der Waals surface area contributed by atoms with Crippen molar-refractivity contribution >= 4 is 46.7 Å². The highest BCUT2D eigenvalue weighted by atomic mass is 19.1. The lowest BCUT2D eigenvalue weighted by molar-refractivity contribution is 0.261. The Kier molecular flexibility index (Phi) is 12.6. The Labute approximate surface area is 308 Å². The zero-order valence-corrected chi connectivity index (χ0v) is 28.4. The molecule has 0 bridgehead atoms. The lowest BCUT2D eigenvalue weighted by Crippen LogP contribution is -2.20. The third-order valence-corrected chi connectivity index (χ3v) is 6.79. The van der Waals surface area contributed by atoms with Crippen LogP contribution in [0.4, 0.5) is 53.0 Å². The van der Waals surface area contributed by atoms with Gasteiger partial charge >= 0.3 is 12.1 Å². The van der Waals surface area contributed by atoms with Crippen LogP contribution < -0.4 is 37.5 Å². The summed E-state index contributed by atoms with van der Waals surface area (Å²) in [7, 11) is 1.57. The van der Waals surface area contributed by atoms with Crippen LogP contribution in [0.1, 0.15) is 22.3 Å². The highest BCUT2D eigenvalue weighted by Crippen LogP contribution is 2.18. The maximum absolute atomic E-state index is 13.6. The van der Waals surface area contributed by atoms with E-state index in [2.05, 4.69) is 64.9 Å². The lowest BCUT2D eigenvalue weighted by Gasteiger charge is -2.09. The highest BCUT2D eigenvalue weighted by Gasteiger charge is 2.09. The molecule has 0 saturated carbocycles. The minimum atomic E-state index is -0.739. The fourth-order valence-electron chi connectivity index (χ4n) is 4.32. The number of rotatable bonds is 5. The number of ether oxygens (including phenoxy) is 1. The van der Waals surface area contributed by atoms with E-state index in [9.17, 15) is 18.4 Å². The van der Waals surface area contributed by atoms with Gasteiger partial charge in [-0.05, 0) is 60.7 Å². The molecule has 2 aromatic heterocycles. The largest absolute Gasteiger partial charge is 0.497 e. The molecule has 8 N–H and O–H groups in total. The predicted molar refractivity (Wildman–Crippen MR) is 202 cm³/mol. The Balaban J connectivity index is 0.000000208. The minimum absolute atomic E-state index is 0.160. The highest BCUT2D eigenvalue weighted by molar-refractivity contribution is 6.00. The van der Waals surface area contributed by atoms with Crippen LogP contribution in [0.3, 0.4) is 0 Å². The van der Waals surface area contributed by atoms with Crippen molar-refractivity contribution in [1.29, 1.82) is 0 Å². The van der Waals surface area contributed by atoms with Gasteiger partial charge in [0, 0.05) is 65.1 Å². The van der Waals surface area contributed by atoms with Crippen molar-refractivity contribution < 1.29 is 23.1 Å². The molecule has 0 atom stereocenters. The summed E-state index contributed by atoms with van der Waals surface area (Å²) >= 11 is 0. The molecule has 6 rings (SSSR count). The molecule has 4 amide bonds. The summed E-state index contributed by atoms with van der Waals surface area (Å²) in [6.07, 6.45) is 6.11. The number of amides is 4. The first-order valence-corrected chi connectivity index (χ1v) is 15.8. The first-order chi connectivity index (χ1) is 26.1. The quantitative estimate of drug-likeness (QED) is 0.108. The zero-order chi connectivity index (χ0) is 38.3. The molecule has 2 heterocycles. The number of nitrogens with zero attached hydrogens (tertiary/aromatic N) is 4. The van der Waals surface area contributed by atoms with Crippen LogP contribution in [0.2, 0.25) is 0 Å². The van der Waals surface area contributed by atoms with E-state index >= 15 is 0 Å². The fraction of sp³-hybridized carbons (Fsp3) is 0.0256. The van der Waals surface area contributed by atoms with Crippen LogP contribution in [-0.4, -0.2) is 39.1 Å². The number of urea groups is 2. The molecule has 0 aliphatic rings. The Bertz CT molecular complexity index is 2390. The average molecular weight is 725 g/mol. The molecular formula is C39H30F2N10O3. The standard InChI is InChI=1S/C20H17N5O2.C19H13F2N5O/c1-27-18-7-3-6-17(11-18)25-20(26)24-16-5-2-4-14(10-16)8-9-15-12-22-19(21)23-13-15;20-14-6-7-16(21)17(9-14)26-19(27)25-15-3-1-2-12(8-15)4-5-13-10-23-18(22)24-11-13/h2-7,10-13H,1H3,(H2,21,22,23)(H2,24,25,26);1-3,6-11H,(H2,22,23,24)(H2,25,26,27). The summed E-state index contributed by atoms with van der Waals surface area (Å²) in [5.74, 6) is 11.4. The molecule has 0 fully saturated rings. The summed E-state index contributed by atoms with van der Waals surface area (Å²) < 4.78 is 31.9. The first kappa shape index (κ1) is 37.2. The molecule has 0 aliphatic carbocycles. The average Bonchev–Trinajstić information content (AvgIpc) is 3.16. The van der Waals surface area contributed by atoms with Crippen LogP contribution in [0.25, 0.3) is 0 Å². The van der Waals surface area contributed by atoms with Gasteiger partial charge in [-0.15, -0.1) is 0 Å². The van der Waals surface area contributed by atoms with Crippen LogP contribution >= 0.6 is 0 Å². The molecule has 13 nitrogen and oxygen atoms in total. The second kappa shape index (κ2) is 18.3. The number of carbonyl (C=O) groups is 2. The minimum Gasteiger partial charge on any atom is -0.497 e. The van der Waals surface area contributed by atoms with Gasteiger partial charge in [-0.2, -0.15) is 0 Å². The number of nitrogens with one attached hydrogen (secondary N) is 4. The topological polar surface area (TPSA) is 195 Å². The van der Waals surface area contributed by atoms with Gasteiger partial charge in [-0.1, -0.05) is 41.9 Å². The summed E-state index contributed by atoms with van der Waals surface area (Å²) in [4.78, 5) is 39.6. The Morgan fingerprint density at radius 1 is 0.574 bits per heavy atom. The van der Waals surface area contributed by atoms with Gasteiger partial charge in [0.25, 0.3) is 0 Å². The molecule has 54 heavy (non-hydrogen) atoms. The SMILES string of the molecule is COc1cccc(NC(=O)Nc2cccc(C#Cc3cnc(N)nc3)c2)c1.Nc1ncc(C#Cc2cccc(NC(=O)Nc3cc(F)ccc3F)c2)cn1. The third kappa shape index (κ3) is 11.8. The maximum Gasteiger partial charge on any atom is 0.323 e. The molecule has 15 heteroatoms. The number of nitrogens with two attached hydrogens (primary N) is 2. The lowest BCUT2D eigenvalue weighted by atomic mass is 10.2. The van der Waals surface area contributed by atoms with Crippen molar-refractivity contribution in [2.45, 2.75) is 0 Å². The summed E-state index contributed by atoms with van der Waals surface area (Å²) in [5, 5.41) is 10.3. The van der Waals surface area contributed by atoms with E-state index in [-0.39, 0.29) is 23.6 Å². The van der Waals surface area contributed by atoms with E-state index in [0.717, 1.165) is 23.8 Å². The monoisotopic (exact) mass is 724 g/mol. The molecule has 0 aliphatic heterocycles. The molecule has 0 spiro atoms. The van der Waals surface area contributed by atoms with Crippen LogP contribution in [0, 0.1) is 35.3 Å². The number of methoxy groups -OCH3 is 1. The van der Waals surface area contributed by atoms with Gasteiger partial charge in [-0.25, -0.2) is 38.3 Å². The van der Waals surface area contributed by atoms with Crippen molar-refractivity contribution in [3.05, 3.63) is 150 Å². The molecule has 6 aromatic rings. The Hall–Kier alpha value is -8.04. The molecule has 4 aromatic carbocycles. The maximum atomic E-state index is 13.6. The molecule has 0 radical (unpaired) electrons. The first-order valence-electron chi connectivity index (χ1n) is 15.8. The normalized spacial score (nSPS) is 9.76. The number of carbonyl (C=O) groups excluding carboxylic acids is 2. The fourth-order valence-corrected chi connectivity index (χ4v) is 4.32. The van der Waals surface area contributed by atoms with Crippen LogP contribution in [0.5, 0.6) is 5.75 Å². The van der Waals surface area contributed by atoms with Gasteiger partial charge in [0.1, 0.15) is 17.4 Å². The number of halogens is 2. The number of benzene rings is 4. The number of aromatic nitrogens is 4. The van der Waals surface area contributed by atoms with E-state index in [4.69, 9.17) is 16.2 Å². The number of nitrogen functional groups attached to an aromatic ring is 2. The smallest absolute Gasteiger partial charge is 0.323 e.